The summed E-state index contributed by atoms with van der Waals surface area (Å²) < 4.78 is 1.80. The van der Waals surface area contributed by atoms with E-state index in [9.17, 15) is 9.59 Å². The number of carbonyl (C=O) groups excluding carboxylic acids is 2. The summed E-state index contributed by atoms with van der Waals surface area (Å²) in [5.41, 5.74) is 4.17. The Morgan fingerprint density at radius 3 is 2.42 bits per heavy atom. The van der Waals surface area contributed by atoms with Gasteiger partial charge in [0.25, 0.3) is 5.91 Å². The van der Waals surface area contributed by atoms with E-state index in [1.54, 1.807) is 11.6 Å². The average molecular weight is 530 g/mol. The van der Waals surface area contributed by atoms with Gasteiger partial charge in [0.2, 0.25) is 5.91 Å². The average Bonchev–Trinajstić information content (AvgIpc) is 3.26. The van der Waals surface area contributed by atoms with Gasteiger partial charge in [0.05, 0.1) is 12.1 Å². The van der Waals surface area contributed by atoms with E-state index in [1.165, 1.54) is 0 Å². The van der Waals surface area contributed by atoms with E-state index in [-0.39, 0.29) is 11.8 Å². The lowest BCUT2D eigenvalue weighted by atomic mass is 10.1. The molecule has 0 N–H and O–H groups in total. The van der Waals surface area contributed by atoms with Crippen LogP contribution in [0.15, 0.2) is 72.8 Å². The van der Waals surface area contributed by atoms with Crippen LogP contribution in [0.4, 0.5) is 5.69 Å². The fourth-order valence-electron chi connectivity index (χ4n) is 5.05. The minimum atomic E-state index is -0.0792. The van der Waals surface area contributed by atoms with Crippen LogP contribution < -0.4 is 4.90 Å². The number of benzene rings is 3. The smallest absolute Gasteiger partial charge is 0.273 e. The number of carbonyl (C=O) groups is 2. The fourth-order valence-corrected chi connectivity index (χ4v) is 5.17. The Hall–Kier alpha value is -3.68. The third-order valence-corrected chi connectivity index (χ3v) is 7.33. The second-order valence-electron chi connectivity index (χ2n) is 9.83. The maximum atomic E-state index is 14.4. The van der Waals surface area contributed by atoms with Gasteiger partial charge in [0, 0.05) is 49.2 Å². The number of anilines is 1. The summed E-state index contributed by atoms with van der Waals surface area (Å²) in [6.45, 7) is 5.23. The van der Waals surface area contributed by atoms with Crippen molar-refractivity contribution < 1.29 is 9.59 Å². The summed E-state index contributed by atoms with van der Waals surface area (Å²) in [6.07, 6.45) is 0.858. The molecule has 7 nitrogen and oxygen atoms in total. The van der Waals surface area contributed by atoms with Gasteiger partial charge in [-0.15, -0.1) is 0 Å². The molecular formula is C30H32ClN5O2. The molecule has 0 atom stereocenters. The third kappa shape index (κ3) is 5.59. The van der Waals surface area contributed by atoms with Gasteiger partial charge >= 0.3 is 0 Å². The third-order valence-electron chi connectivity index (χ3n) is 7.08. The van der Waals surface area contributed by atoms with E-state index in [0.29, 0.717) is 36.9 Å². The maximum absolute atomic E-state index is 14.4. The lowest BCUT2D eigenvalue weighted by Crippen LogP contribution is -2.38. The van der Waals surface area contributed by atoms with Crippen molar-refractivity contribution in [3.05, 3.63) is 94.6 Å². The van der Waals surface area contributed by atoms with Crippen LogP contribution in [0.2, 0.25) is 5.02 Å². The minimum Gasteiger partial charge on any atom is -0.332 e. The summed E-state index contributed by atoms with van der Waals surface area (Å²) in [7, 11) is 2.06. The number of likely N-dealkylation sites (N-methyl/N-ethyl adjacent to an activating group) is 1. The lowest BCUT2D eigenvalue weighted by Gasteiger charge is -2.27. The SMILES string of the molecule is CC(=O)N1CCCN(C)CCN(C(=O)c2c3ccccc3nn2Cc2ccc(Cl)cc2)Cc2ccccc21. The second kappa shape index (κ2) is 11.4. The summed E-state index contributed by atoms with van der Waals surface area (Å²) in [5, 5.41) is 6.30. The quantitative estimate of drug-likeness (QED) is 0.372. The number of amides is 2. The molecule has 0 radical (unpaired) electrons. The van der Waals surface area contributed by atoms with Crippen LogP contribution >= 0.6 is 11.6 Å². The molecule has 38 heavy (non-hydrogen) atoms. The zero-order valence-electron chi connectivity index (χ0n) is 21.8. The molecule has 3 aromatic carbocycles. The molecule has 8 heteroatoms. The number of hydrogen-bond acceptors (Lipinski definition) is 4. The van der Waals surface area contributed by atoms with Gasteiger partial charge in [-0.3, -0.25) is 14.3 Å². The molecular weight excluding hydrogens is 498 g/mol. The van der Waals surface area contributed by atoms with Crippen LogP contribution in [0.25, 0.3) is 10.9 Å². The summed E-state index contributed by atoms with van der Waals surface area (Å²) >= 11 is 6.10. The summed E-state index contributed by atoms with van der Waals surface area (Å²) in [5.74, 6) is -0.0752. The highest BCUT2D eigenvalue weighted by molar-refractivity contribution is 6.30. The number of aromatic nitrogens is 2. The van der Waals surface area contributed by atoms with Crippen molar-refractivity contribution in [3.8, 4) is 0 Å². The highest BCUT2D eigenvalue weighted by Gasteiger charge is 2.26. The van der Waals surface area contributed by atoms with Crippen LogP contribution in [0, 0.1) is 0 Å². The van der Waals surface area contributed by atoms with Gasteiger partial charge in [-0.1, -0.05) is 60.1 Å². The Labute approximate surface area is 228 Å². The van der Waals surface area contributed by atoms with Gasteiger partial charge < -0.3 is 14.7 Å². The summed E-state index contributed by atoms with van der Waals surface area (Å²) in [4.78, 5) is 32.9. The normalized spacial score (nSPS) is 15.2. The van der Waals surface area contributed by atoms with E-state index in [4.69, 9.17) is 16.7 Å². The minimum absolute atomic E-state index is 0.00395. The van der Waals surface area contributed by atoms with Crippen molar-refractivity contribution in [1.29, 1.82) is 0 Å². The Balaban J connectivity index is 1.56. The monoisotopic (exact) mass is 529 g/mol. The molecule has 0 spiro atoms. The first-order valence-electron chi connectivity index (χ1n) is 12.9. The van der Waals surface area contributed by atoms with E-state index in [0.717, 1.165) is 47.2 Å². The highest BCUT2D eigenvalue weighted by atomic mass is 35.5. The molecule has 4 aromatic rings. The van der Waals surface area contributed by atoms with Gasteiger partial charge in [-0.2, -0.15) is 5.10 Å². The second-order valence-corrected chi connectivity index (χ2v) is 10.3. The first-order valence-corrected chi connectivity index (χ1v) is 13.3. The van der Waals surface area contributed by atoms with Crippen molar-refractivity contribution in [1.82, 2.24) is 19.6 Å². The Bertz CT molecular complexity index is 1450. The Kier molecular flexibility index (Phi) is 7.77. The zero-order valence-corrected chi connectivity index (χ0v) is 22.6. The number of fused-ring (bicyclic) bond motifs is 2. The van der Waals surface area contributed by atoms with Crippen molar-refractivity contribution in [2.75, 3.05) is 38.1 Å². The zero-order chi connectivity index (χ0) is 26.6. The molecule has 0 bridgehead atoms. The van der Waals surface area contributed by atoms with Crippen LogP contribution in [0.1, 0.15) is 35.0 Å². The topological polar surface area (TPSA) is 61.7 Å². The molecule has 1 aromatic heterocycles. The largest absolute Gasteiger partial charge is 0.332 e. The molecule has 0 aliphatic carbocycles. The van der Waals surface area contributed by atoms with Gasteiger partial charge in [-0.05, 0) is 55.4 Å². The van der Waals surface area contributed by atoms with Crippen LogP contribution in [0.5, 0.6) is 0 Å². The number of nitrogens with zero attached hydrogens (tertiary/aromatic N) is 5. The predicted octanol–water partition coefficient (Wildman–Crippen LogP) is 5.07. The van der Waals surface area contributed by atoms with Gasteiger partial charge in [0.1, 0.15) is 5.69 Å². The number of halogens is 1. The van der Waals surface area contributed by atoms with E-state index < -0.39 is 0 Å². The molecule has 0 fully saturated rings. The number of para-hydroxylation sites is 1. The molecule has 0 saturated heterocycles. The molecule has 1 aliphatic heterocycles. The van der Waals surface area contributed by atoms with Crippen LogP contribution in [-0.2, 0) is 17.9 Å². The van der Waals surface area contributed by atoms with E-state index in [1.807, 2.05) is 82.6 Å². The fraction of sp³-hybridized carbons (Fsp3) is 0.300. The van der Waals surface area contributed by atoms with Gasteiger partial charge in [0.15, 0.2) is 0 Å². The number of hydrogen-bond donors (Lipinski definition) is 0. The number of rotatable bonds is 3. The standard InChI is InChI=1S/C30H32ClN5O2/c1-22(37)35-17-7-16-33(2)18-19-34(21-24-8-3-6-11-28(24)35)30(38)29-26-9-4-5-10-27(26)32-36(29)20-23-12-14-25(31)15-13-23/h3-6,8-15H,7,16-21H2,1-2H3. The van der Waals surface area contributed by atoms with Crippen molar-refractivity contribution >= 4 is 40.0 Å². The van der Waals surface area contributed by atoms with Crippen LogP contribution in [0.3, 0.4) is 0 Å². The Morgan fingerprint density at radius 1 is 0.895 bits per heavy atom. The van der Waals surface area contributed by atoms with Crippen LogP contribution in [-0.4, -0.2) is 64.6 Å². The molecule has 5 rings (SSSR count). The van der Waals surface area contributed by atoms with E-state index in [2.05, 4.69) is 11.9 Å². The Morgan fingerprint density at radius 2 is 1.63 bits per heavy atom. The molecule has 0 unspecified atom stereocenters. The molecule has 196 valence electrons. The molecule has 2 heterocycles. The molecule has 0 saturated carbocycles. The highest BCUT2D eigenvalue weighted by Crippen LogP contribution is 2.26. The molecule has 1 aliphatic rings. The maximum Gasteiger partial charge on any atom is 0.273 e. The van der Waals surface area contributed by atoms with Crippen molar-refractivity contribution in [2.24, 2.45) is 0 Å². The first kappa shape index (κ1) is 25.9. The summed E-state index contributed by atoms with van der Waals surface area (Å²) in [6, 6.07) is 23.3. The molecule has 2 amide bonds. The first-order chi connectivity index (χ1) is 18.4. The van der Waals surface area contributed by atoms with Crippen molar-refractivity contribution in [2.45, 2.75) is 26.4 Å². The lowest BCUT2D eigenvalue weighted by molar-refractivity contribution is -0.116. The van der Waals surface area contributed by atoms with Gasteiger partial charge in [-0.25, -0.2) is 0 Å². The van der Waals surface area contributed by atoms with E-state index >= 15 is 0 Å². The predicted molar refractivity (Wildman–Crippen MR) is 152 cm³/mol. The van der Waals surface area contributed by atoms with Crippen molar-refractivity contribution in [3.63, 3.8) is 0 Å².